The molecule has 0 bridgehead atoms. The summed E-state index contributed by atoms with van der Waals surface area (Å²) in [6.45, 7) is 16.1. The number of piperidine rings is 1. The smallest absolute Gasteiger partial charge is 0.410 e. The summed E-state index contributed by atoms with van der Waals surface area (Å²) in [7, 11) is 0. The number of anilines is 1. The highest BCUT2D eigenvalue weighted by atomic mass is 79.9. The van der Waals surface area contributed by atoms with Crippen molar-refractivity contribution in [1.29, 1.82) is 0 Å². The van der Waals surface area contributed by atoms with Crippen molar-refractivity contribution in [3.05, 3.63) is 61.9 Å². The van der Waals surface area contributed by atoms with E-state index in [4.69, 9.17) is 9.47 Å². The summed E-state index contributed by atoms with van der Waals surface area (Å²) in [6, 6.07) is 16.2. The molecule has 228 valence electrons. The highest BCUT2D eigenvalue weighted by Crippen LogP contribution is 2.22. The first-order valence-electron chi connectivity index (χ1n) is 14.0. The normalized spacial score (nSPS) is 15.6. The molecule has 0 N–H and O–H groups in total. The van der Waals surface area contributed by atoms with Gasteiger partial charge in [0, 0.05) is 58.4 Å². The molecule has 2 heterocycles. The monoisotopic (exact) mass is 759 g/mol. The Hall–Kier alpha value is -1.78. The summed E-state index contributed by atoms with van der Waals surface area (Å²) in [5.74, 6) is 0. The van der Waals surface area contributed by atoms with Crippen LogP contribution in [0.15, 0.2) is 61.9 Å². The van der Waals surface area contributed by atoms with Gasteiger partial charge in [0.1, 0.15) is 11.2 Å². The van der Waals surface area contributed by atoms with Gasteiger partial charge in [0.2, 0.25) is 0 Å². The predicted octanol–water partition coefficient (Wildman–Crippen LogP) is 9.13. The lowest BCUT2D eigenvalue weighted by Crippen LogP contribution is -2.50. The largest absolute Gasteiger partial charge is 0.444 e. The Morgan fingerprint density at radius 1 is 0.610 bits per heavy atom. The molecular weight excluding hydrogens is 718 g/mol. The van der Waals surface area contributed by atoms with E-state index in [2.05, 4.69) is 64.8 Å². The third-order valence-corrected chi connectivity index (χ3v) is 7.38. The summed E-state index contributed by atoms with van der Waals surface area (Å²) < 4.78 is 13.9. The van der Waals surface area contributed by atoms with Crippen LogP contribution in [0.2, 0.25) is 0 Å². The molecule has 2 aliphatic heterocycles. The summed E-state index contributed by atoms with van der Waals surface area (Å²) in [5, 5.41) is 0. The Labute approximate surface area is 271 Å². The van der Waals surface area contributed by atoms with Crippen LogP contribution < -0.4 is 4.90 Å². The second kappa shape index (κ2) is 16.8. The van der Waals surface area contributed by atoms with Crippen molar-refractivity contribution in [2.45, 2.75) is 72.0 Å². The van der Waals surface area contributed by atoms with Crippen LogP contribution in [0.3, 0.4) is 0 Å². The van der Waals surface area contributed by atoms with E-state index in [-0.39, 0.29) is 17.8 Å². The van der Waals surface area contributed by atoms with Crippen molar-refractivity contribution in [3.8, 4) is 0 Å². The minimum Gasteiger partial charge on any atom is -0.444 e. The highest BCUT2D eigenvalue weighted by Gasteiger charge is 2.26. The lowest BCUT2D eigenvalue weighted by Gasteiger charge is -2.36. The van der Waals surface area contributed by atoms with Gasteiger partial charge < -0.3 is 24.2 Å². The molecule has 0 spiro atoms. The maximum atomic E-state index is 12.0. The molecule has 10 heteroatoms. The summed E-state index contributed by atoms with van der Waals surface area (Å²) in [5.41, 5.74) is 0.385. The first-order chi connectivity index (χ1) is 19.1. The third-order valence-electron chi connectivity index (χ3n) is 5.90. The fourth-order valence-electron chi connectivity index (χ4n) is 4.01. The van der Waals surface area contributed by atoms with Crippen LogP contribution in [0, 0.1) is 0 Å². The van der Waals surface area contributed by atoms with Crippen LogP contribution in [-0.2, 0) is 9.47 Å². The molecule has 2 amide bonds. The van der Waals surface area contributed by atoms with E-state index in [9.17, 15) is 9.59 Å². The maximum Gasteiger partial charge on any atom is 0.410 e. The standard InChI is InChI=1S/C15H21BrN2O2.C10H19NO2.C6H4Br2/c1-15(2,3)20-14(19)18-9-7-17(8-10-18)13-6-4-5-12(16)11-13;1-10(2,3)13-9(12)11-7-5-4-6-8-11;7-5-2-1-3-6(8)4-5/h4-6,11H,7-10H2,1-3H3;4-8H2,1-3H3;1-4H. The third kappa shape index (κ3) is 14.8. The van der Waals surface area contributed by atoms with Gasteiger partial charge >= 0.3 is 12.2 Å². The molecule has 0 saturated carbocycles. The van der Waals surface area contributed by atoms with Crippen molar-refractivity contribution < 1.29 is 19.1 Å². The minimum absolute atomic E-state index is 0.160. The van der Waals surface area contributed by atoms with Gasteiger partial charge in [-0.25, -0.2) is 9.59 Å². The molecule has 7 nitrogen and oxygen atoms in total. The lowest BCUT2D eigenvalue weighted by molar-refractivity contribution is 0.0212. The van der Waals surface area contributed by atoms with Gasteiger partial charge in [0.05, 0.1) is 0 Å². The van der Waals surface area contributed by atoms with Gasteiger partial charge in [-0.15, -0.1) is 0 Å². The molecule has 2 fully saturated rings. The van der Waals surface area contributed by atoms with Gasteiger partial charge in [-0.1, -0.05) is 59.9 Å². The lowest BCUT2D eigenvalue weighted by atomic mass is 10.1. The molecule has 0 aromatic heterocycles. The number of amides is 2. The second-order valence-corrected chi connectivity index (χ2v) is 14.6. The van der Waals surface area contributed by atoms with Crippen molar-refractivity contribution in [2.24, 2.45) is 0 Å². The van der Waals surface area contributed by atoms with Crippen LogP contribution in [0.1, 0.15) is 60.8 Å². The maximum absolute atomic E-state index is 12.0. The highest BCUT2D eigenvalue weighted by molar-refractivity contribution is 9.11. The molecule has 4 rings (SSSR count). The zero-order valence-electron chi connectivity index (χ0n) is 25.1. The predicted molar refractivity (Wildman–Crippen MR) is 178 cm³/mol. The van der Waals surface area contributed by atoms with Gasteiger partial charge in [-0.3, -0.25) is 0 Å². The van der Waals surface area contributed by atoms with E-state index >= 15 is 0 Å². The molecule has 2 saturated heterocycles. The Kier molecular flexibility index (Phi) is 14.5. The number of hydrogen-bond acceptors (Lipinski definition) is 5. The van der Waals surface area contributed by atoms with Crippen LogP contribution in [0.25, 0.3) is 0 Å². The van der Waals surface area contributed by atoms with Crippen molar-refractivity contribution in [2.75, 3.05) is 44.2 Å². The number of benzene rings is 2. The van der Waals surface area contributed by atoms with Crippen LogP contribution in [0.4, 0.5) is 15.3 Å². The van der Waals surface area contributed by atoms with E-state index < -0.39 is 5.60 Å². The number of piperazine rings is 1. The molecule has 0 radical (unpaired) electrons. The molecule has 2 aromatic rings. The summed E-state index contributed by atoms with van der Waals surface area (Å²) in [6.07, 6.45) is 3.08. The average Bonchev–Trinajstić information content (AvgIpc) is 2.88. The van der Waals surface area contributed by atoms with E-state index in [1.807, 2.05) is 77.9 Å². The zero-order valence-corrected chi connectivity index (χ0v) is 29.8. The topological polar surface area (TPSA) is 62.3 Å². The molecule has 0 unspecified atom stereocenters. The van der Waals surface area contributed by atoms with Crippen molar-refractivity contribution in [3.63, 3.8) is 0 Å². The van der Waals surface area contributed by atoms with Crippen molar-refractivity contribution in [1.82, 2.24) is 9.80 Å². The van der Waals surface area contributed by atoms with Gasteiger partial charge in [-0.2, -0.15) is 0 Å². The SMILES string of the molecule is Brc1cccc(Br)c1.CC(C)(C)OC(=O)N1CCCCC1.CC(C)(C)OC(=O)N1CCN(c2cccc(Br)c2)CC1. The number of ether oxygens (including phenoxy) is 2. The molecule has 41 heavy (non-hydrogen) atoms. The van der Waals surface area contributed by atoms with Crippen LogP contribution in [0.5, 0.6) is 0 Å². The van der Waals surface area contributed by atoms with Gasteiger partial charge in [0.15, 0.2) is 0 Å². The summed E-state index contributed by atoms with van der Waals surface area (Å²) >= 11 is 10.1. The molecule has 2 aliphatic rings. The Morgan fingerprint density at radius 2 is 1.02 bits per heavy atom. The molecule has 0 atom stereocenters. The second-order valence-electron chi connectivity index (χ2n) is 11.9. The fourth-order valence-corrected chi connectivity index (χ4v) is 5.50. The summed E-state index contributed by atoms with van der Waals surface area (Å²) in [4.78, 5) is 29.4. The van der Waals surface area contributed by atoms with Gasteiger partial charge in [-0.05, 0) is 97.2 Å². The number of likely N-dealkylation sites (tertiary alicyclic amines) is 1. The average molecular weight is 762 g/mol. The van der Waals surface area contributed by atoms with Crippen LogP contribution >= 0.6 is 47.8 Å². The molecule has 2 aromatic carbocycles. The van der Waals surface area contributed by atoms with E-state index in [0.29, 0.717) is 13.1 Å². The Morgan fingerprint density at radius 3 is 1.41 bits per heavy atom. The zero-order chi connectivity index (χ0) is 30.6. The first kappa shape index (κ1) is 35.4. The fraction of sp³-hybridized carbons (Fsp3) is 0.548. The number of nitrogens with zero attached hydrogens (tertiary/aromatic N) is 3. The number of halogens is 3. The number of carbonyl (C=O) groups is 2. The number of carbonyl (C=O) groups excluding carboxylic acids is 2. The number of hydrogen-bond donors (Lipinski definition) is 0. The van der Waals surface area contributed by atoms with E-state index in [1.165, 1.54) is 12.1 Å². The van der Waals surface area contributed by atoms with Crippen molar-refractivity contribution >= 4 is 65.7 Å². The Bertz CT molecular complexity index is 1090. The molecular formula is C31H44Br3N3O4. The minimum atomic E-state index is -0.432. The first-order valence-corrected chi connectivity index (χ1v) is 16.4. The molecule has 0 aliphatic carbocycles. The quantitative estimate of drug-likeness (QED) is 0.290. The van der Waals surface area contributed by atoms with E-state index in [0.717, 1.165) is 52.4 Å². The van der Waals surface area contributed by atoms with Crippen LogP contribution in [-0.4, -0.2) is 72.5 Å². The Balaban J connectivity index is 0.000000239. The van der Waals surface area contributed by atoms with E-state index in [1.54, 1.807) is 9.80 Å². The van der Waals surface area contributed by atoms with Gasteiger partial charge in [0.25, 0.3) is 0 Å². The number of rotatable bonds is 1.